The summed E-state index contributed by atoms with van der Waals surface area (Å²) in [6.45, 7) is 0. The van der Waals surface area contributed by atoms with Crippen LogP contribution in [0.25, 0.3) is 0 Å². The quantitative estimate of drug-likeness (QED) is 0.599. The first-order valence-electron chi connectivity index (χ1n) is 5.01. The van der Waals surface area contributed by atoms with E-state index in [1.165, 1.54) is 14.7 Å². The van der Waals surface area contributed by atoms with Gasteiger partial charge in [-0.05, 0) is 90.2 Å². The Kier molecular flexibility index (Phi) is 5.06. The molecule has 2 N–H and O–H groups in total. The minimum atomic E-state index is 0.0342. The lowest BCUT2D eigenvalue weighted by Gasteiger charge is -2.11. The molecule has 0 aliphatic heterocycles. The normalized spacial score (nSPS) is 12.7. The maximum atomic E-state index is 6.23. The highest BCUT2D eigenvalue weighted by atomic mass is 127. The zero-order valence-corrected chi connectivity index (χ0v) is 14.9. The molecule has 0 spiro atoms. The second-order valence-electron chi connectivity index (χ2n) is 3.72. The van der Waals surface area contributed by atoms with E-state index in [2.05, 4.69) is 84.8 Å². The summed E-state index contributed by atoms with van der Waals surface area (Å²) < 4.78 is 3.47. The molecule has 17 heavy (non-hydrogen) atoms. The van der Waals surface area contributed by atoms with Crippen LogP contribution in [0.15, 0.2) is 37.9 Å². The predicted molar refractivity (Wildman–Crippen MR) is 89.5 cm³/mol. The largest absolute Gasteiger partial charge is 0.324 e. The van der Waals surface area contributed by atoms with Crippen LogP contribution in [0.3, 0.4) is 0 Å². The second kappa shape index (κ2) is 6.14. The number of halogens is 3. The SMILES string of the molecule is NC(Cc1ccc(I)cc1)c1cc(Br)sc1Br. The van der Waals surface area contributed by atoms with E-state index in [4.69, 9.17) is 5.73 Å². The molecule has 0 saturated heterocycles. The molecule has 0 fully saturated rings. The van der Waals surface area contributed by atoms with E-state index in [0.29, 0.717) is 0 Å². The molecule has 90 valence electrons. The molecular weight excluding hydrogens is 477 g/mol. The summed E-state index contributed by atoms with van der Waals surface area (Å²) >= 11 is 11.0. The lowest BCUT2D eigenvalue weighted by atomic mass is 10.0. The van der Waals surface area contributed by atoms with Crippen molar-refractivity contribution in [1.29, 1.82) is 0 Å². The molecule has 0 aliphatic rings. The smallest absolute Gasteiger partial charge is 0.0758 e. The van der Waals surface area contributed by atoms with Crippen LogP contribution >= 0.6 is 65.8 Å². The molecule has 0 amide bonds. The number of rotatable bonds is 3. The Labute approximate surface area is 135 Å². The van der Waals surface area contributed by atoms with E-state index in [0.717, 1.165) is 14.0 Å². The van der Waals surface area contributed by atoms with Crippen LogP contribution < -0.4 is 5.73 Å². The van der Waals surface area contributed by atoms with E-state index in [-0.39, 0.29) is 6.04 Å². The Morgan fingerprint density at radius 2 is 1.88 bits per heavy atom. The van der Waals surface area contributed by atoms with Gasteiger partial charge in [0.15, 0.2) is 0 Å². The molecule has 2 rings (SSSR count). The first-order valence-corrected chi connectivity index (χ1v) is 8.49. The summed E-state index contributed by atoms with van der Waals surface area (Å²) in [6.07, 6.45) is 0.860. The minimum absolute atomic E-state index is 0.0342. The van der Waals surface area contributed by atoms with Gasteiger partial charge in [0.05, 0.1) is 7.57 Å². The molecule has 1 aromatic carbocycles. The van der Waals surface area contributed by atoms with Gasteiger partial charge in [0.25, 0.3) is 0 Å². The van der Waals surface area contributed by atoms with Crippen molar-refractivity contribution in [3.63, 3.8) is 0 Å². The molecule has 1 aromatic heterocycles. The number of thiophene rings is 1. The first-order chi connectivity index (χ1) is 8.06. The molecular formula is C12H10Br2INS. The predicted octanol–water partition coefficient (Wildman–Crippen LogP) is 5.12. The molecule has 0 saturated carbocycles. The molecule has 1 atom stereocenters. The average Bonchev–Trinajstić information content (AvgIpc) is 2.61. The fourth-order valence-electron chi connectivity index (χ4n) is 1.59. The highest BCUT2D eigenvalue weighted by Crippen LogP contribution is 2.35. The zero-order chi connectivity index (χ0) is 12.4. The summed E-state index contributed by atoms with van der Waals surface area (Å²) in [5, 5.41) is 0. The summed E-state index contributed by atoms with van der Waals surface area (Å²) in [6, 6.07) is 10.6. The van der Waals surface area contributed by atoms with Gasteiger partial charge in [-0.3, -0.25) is 0 Å². The van der Waals surface area contributed by atoms with Gasteiger partial charge in [0, 0.05) is 9.61 Å². The molecule has 0 radical (unpaired) electrons. The molecule has 0 aliphatic carbocycles. The lowest BCUT2D eigenvalue weighted by Crippen LogP contribution is -2.12. The van der Waals surface area contributed by atoms with Crippen molar-refractivity contribution >= 4 is 65.8 Å². The van der Waals surface area contributed by atoms with Gasteiger partial charge in [0.2, 0.25) is 0 Å². The standard InChI is InChI=1S/C12H10Br2INS/c13-11-6-9(12(14)17-11)10(16)5-7-1-3-8(15)4-2-7/h1-4,6,10H,5,16H2. The van der Waals surface area contributed by atoms with Crippen LogP contribution in [-0.4, -0.2) is 0 Å². The van der Waals surface area contributed by atoms with Crippen LogP contribution in [-0.2, 0) is 6.42 Å². The summed E-state index contributed by atoms with van der Waals surface area (Å²) in [7, 11) is 0. The number of hydrogen-bond donors (Lipinski definition) is 1. The topological polar surface area (TPSA) is 26.0 Å². The third-order valence-corrected chi connectivity index (χ3v) is 5.56. The van der Waals surface area contributed by atoms with E-state index < -0.39 is 0 Å². The van der Waals surface area contributed by atoms with Gasteiger partial charge in [-0.1, -0.05) is 12.1 Å². The van der Waals surface area contributed by atoms with Crippen LogP contribution in [0.2, 0.25) is 0 Å². The van der Waals surface area contributed by atoms with Gasteiger partial charge in [0.1, 0.15) is 0 Å². The lowest BCUT2D eigenvalue weighted by molar-refractivity contribution is 0.722. The van der Waals surface area contributed by atoms with Crippen molar-refractivity contribution in [2.45, 2.75) is 12.5 Å². The molecule has 1 heterocycles. The highest BCUT2D eigenvalue weighted by molar-refractivity contribution is 14.1. The third kappa shape index (κ3) is 3.76. The maximum Gasteiger partial charge on any atom is 0.0758 e. The Morgan fingerprint density at radius 3 is 2.41 bits per heavy atom. The van der Waals surface area contributed by atoms with E-state index >= 15 is 0 Å². The highest BCUT2D eigenvalue weighted by Gasteiger charge is 2.13. The minimum Gasteiger partial charge on any atom is -0.324 e. The Morgan fingerprint density at radius 1 is 1.24 bits per heavy atom. The van der Waals surface area contributed by atoms with Crippen molar-refractivity contribution in [1.82, 2.24) is 0 Å². The van der Waals surface area contributed by atoms with Crippen molar-refractivity contribution in [2.24, 2.45) is 5.73 Å². The van der Waals surface area contributed by atoms with Crippen LogP contribution in [0.4, 0.5) is 0 Å². The summed E-state index contributed by atoms with van der Waals surface area (Å²) in [5.74, 6) is 0. The van der Waals surface area contributed by atoms with Crippen molar-refractivity contribution < 1.29 is 0 Å². The Balaban J connectivity index is 2.14. The van der Waals surface area contributed by atoms with E-state index in [1.807, 2.05) is 0 Å². The van der Waals surface area contributed by atoms with Gasteiger partial charge in [-0.25, -0.2) is 0 Å². The van der Waals surface area contributed by atoms with Crippen molar-refractivity contribution in [2.75, 3.05) is 0 Å². The molecule has 1 unspecified atom stereocenters. The van der Waals surface area contributed by atoms with Crippen molar-refractivity contribution in [3.8, 4) is 0 Å². The summed E-state index contributed by atoms with van der Waals surface area (Å²) in [4.78, 5) is 0. The number of nitrogens with two attached hydrogens (primary N) is 1. The average molecular weight is 487 g/mol. The fourth-order valence-corrected chi connectivity index (χ4v) is 4.95. The van der Waals surface area contributed by atoms with E-state index in [9.17, 15) is 0 Å². The molecule has 0 bridgehead atoms. The summed E-state index contributed by atoms with van der Waals surface area (Å²) in [5.41, 5.74) is 8.67. The van der Waals surface area contributed by atoms with Crippen molar-refractivity contribution in [3.05, 3.63) is 52.6 Å². The van der Waals surface area contributed by atoms with Crippen LogP contribution in [0.5, 0.6) is 0 Å². The molecule has 2 aromatic rings. The van der Waals surface area contributed by atoms with Crippen LogP contribution in [0.1, 0.15) is 17.2 Å². The van der Waals surface area contributed by atoms with Crippen LogP contribution in [0, 0.1) is 3.57 Å². The van der Waals surface area contributed by atoms with Gasteiger partial charge in [-0.15, -0.1) is 11.3 Å². The van der Waals surface area contributed by atoms with Gasteiger partial charge >= 0.3 is 0 Å². The molecule has 1 nitrogen and oxygen atoms in total. The monoisotopic (exact) mass is 485 g/mol. The Hall–Kier alpha value is 0.570. The first kappa shape index (κ1) is 14.0. The molecule has 5 heteroatoms. The second-order valence-corrected chi connectivity index (χ2v) is 8.71. The number of hydrogen-bond acceptors (Lipinski definition) is 2. The van der Waals surface area contributed by atoms with Gasteiger partial charge < -0.3 is 5.73 Å². The number of benzene rings is 1. The fraction of sp³-hybridized carbons (Fsp3) is 0.167. The van der Waals surface area contributed by atoms with E-state index in [1.54, 1.807) is 11.3 Å². The van der Waals surface area contributed by atoms with Gasteiger partial charge in [-0.2, -0.15) is 0 Å². The Bertz CT molecular complexity index is 510. The maximum absolute atomic E-state index is 6.23. The third-order valence-electron chi connectivity index (χ3n) is 2.45. The zero-order valence-electron chi connectivity index (χ0n) is 8.79.